The maximum absolute atomic E-state index is 5.85. The van der Waals surface area contributed by atoms with E-state index in [1.165, 1.54) is 0 Å². The van der Waals surface area contributed by atoms with Gasteiger partial charge in [0.2, 0.25) is 0 Å². The summed E-state index contributed by atoms with van der Waals surface area (Å²) in [5, 5.41) is 0. The molecule has 84 valence electrons. The van der Waals surface area contributed by atoms with Crippen LogP contribution in [0.5, 0.6) is 0 Å². The highest BCUT2D eigenvalue weighted by Gasteiger charge is 2.20. The second-order valence-corrected chi connectivity index (χ2v) is 4.89. The van der Waals surface area contributed by atoms with Crippen molar-refractivity contribution >= 4 is 0 Å². The average molecular weight is 200 g/mol. The lowest BCUT2D eigenvalue weighted by atomic mass is 10.0. The number of rotatable bonds is 4. The van der Waals surface area contributed by atoms with Crippen molar-refractivity contribution in [2.45, 2.75) is 44.8 Å². The largest absolute Gasteiger partial charge is 0.379 e. The van der Waals surface area contributed by atoms with Crippen LogP contribution < -0.4 is 5.73 Å². The molecule has 1 heterocycles. The molecule has 0 aromatic rings. The van der Waals surface area contributed by atoms with Gasteiger partial charge in [-0.15, -0.1) is 0 Å². The van der Waals surface area contributed by atoms with Crippen LogP contribution in [0.2, 0.25) is 0 Å². The van der Waals surface area contributed by atoms with Crippen LogP contribution in [-0.2, 0) is 4.74 Å². The van der Waals surface area contributed by atoms with Gasteiger partial charge in [0, 0.05) is 19.7 Å². The van der Waals surface area contributed by atoms with Gasteiger partial charge in [-0.1, -0.05) is 0 Å². The van der Waals surface area contributed by atoms with Crippen LogP contribution in [0.25, 0.3) is 0 Å². The quantitative estimate of drug-likeness (QED) is 0.741. The number of hydrogen-bond acceptors (Lipinski definition) is 3. The van der Waals surface area contributed by atoms with Crippen LogP contribution >= 0.6 is 0 Å². The van der Waals surface area contributed by atoms with Gasteiger partial charge in [0.05, 0.1) is 5.60 Å². The molecule has 0 saturated carbocycles. The molecular formula is C11H24N2O. The van der Waals surface area contributed by atoms with Crippen molar-refractivity contribution in [1.29, 1.82) is 0 Å². The first kappa shape index (κ1) is 12.0. The monoisotopic (exact) mass is 200 g/mol. The van der Waals surface area contributed by atoms with E-state index in [1.807, 2.05) is 0 Å². The van der Waals surface area contributed by atoms with Gasteiger partial charge in [-0.25, -0.2) is 0 Å². The molecule has 0 aromatic carbocycles. The zero-order chi connectivity index (χ0) is 10.6. The summed E-state index contributed by atoms with van der Waals surface area (Å²) in [6, 6.07) is 0.432. The number of piperidine rings is 1. The lowest BCUT2D eigenvalue weighted by Gasteiger charge is -2.32. The van der Waals surface area contributed by atoms with Crippen LogP contribution in [-0.4, -0.2) is 43.3 Å². The fourth-order valence-electron chi connectivity index (χ4n) is 1.71. The summed E-state index contributed by atoms with van der Waals surface area (Å²) in [7, 11) is 1.78. The van der Waals surface area contributed by atoms with Gasteiger partial charge in [0.25, 0.3) is 0 Å². The molecule has 1 saturated heterocycles. The van der Waals surface area contributed by atoms with E-state index in [0.29, 0.717) is 6.04 Å². The summed E-state index contributed by atoms with van der Waals surface area (Å²) in [5.41, 5.74) is 5.87. The maximum atomic E-state index is 5.85. The van der Waals surface area contributed by atoms with Crippen molar-refractivity contribution in [2.24, 2.45) is 5.73 Å². The Kier molecular flexibility index (Phi) is 4.35. The average Bonchev–Trinajstić information content (AvgIpc) is 2.17. The first-order valence-electron chi connectivity index (χ1n) is 5.56. The van der Waals surface area contributed by atoms with Crippen molar-refractivity contribution in [2.75, 3.05) is 26.7 Å². The number of hydrogen-bond donors (Lipinski definition) is 1. The highest BCUT2D eigenvalue weighted by Crippen LogP contribution is 2.15. The molecule has 0 aromatic heterocycles. The minimum atomic E-state index is 0.0135. The Hall–Kier alpha value is -0.120. The lowest BCUT2D eigenvalue weighted by molar-refractivity contribution is 0.00579. The van der Waals surface area contributed by atoms with E-state index in [9.17, 15) is 0 Å². The second-order valence-electron chi connectivity index (χ2n) is 4.89. The summed E-state index contributed by atoms with van der Waals surface area (Å²) in [6.45, 7) is 7.72. The summed E-state index contributed by atoms with van der Waals surface area (Å²) in [4.78, 5) is 2.49. The van der Waals surface area contributed by atoms with Gasteiger partial charge < -0.3 is 15.4 Å². The van der Waals surface area contributed by atoms with Crippen molar-refractivity contribution < 1.29 is 4.74 Å². The zero-order valence-electron chi connectivity index (χ0n) is 9.75. The first-order valence-corrected chi connectivity index (χ1v) is 5.56. The SMILES string of the molecule is COC(C)(C)CCN1CCC(N)CC1. The Bertz CT molecular complexity index is 163. The van der Waals surface area contributed by atoms with Crippen molar-refractivity contribution in [1.82, 2.24) is 4.90 Å². The molecule has 1 rings (SSSR count). The highest BCUT2D eigenvalue weighted by atomic mass is 16.5. The van der Waals surface area contributed by atoms with E-state index >= 15 is 0 Å². The second kappa shape index (κ2) is 5.10. The predicted octanol–water partition coefficient (Wildman–Crippen LogP) is 1.22. The van der Waals surface area contributed by atoms with E-state index in [0.717, 1.165) is 38.9 Å². The molecule has 1 aliphatic rings. The molecule has 2 N–H and O–H groups in total. The molecule has 1 fully saturated rings. The lowest BCUT2D eigenvalue weighted by Crippen LogP contribution is -2.41. The Labute approximate surface area is 87.6 Å². The fourth-order valence-corrected chi connectivity index (χ4v) is 1.71. The van der Waals surface area contributed by atoms with E-state index in [4.69, 9.17) is 10.5 Å². The van der Waals surface area contributed by atoms with Gasteiger partial charge in [0.15, 0.2) is 0 Å². The van der Waals surface area contributed by atoms with E-state index in [1.54, 1.807) is 7.11 Å². The number of nitrogens with two attached hydrogens (primary N) is 1. The Morgan fingerprint density at radius 1 is 1.36 bits per heavy atom. The van der Waals surface area contributed by atoms with E-state index in [-0.39, 0.29) is 5.60 Å². The normalized spacial score (nSPS) is 21.4. The molecular weight excluding hydrogens is 176 g/mol. The minimum absolute atomic E-state index is 0.0135. The van der Waals surface area contributed by atoms with Crippen LogP contribution in [0.3, 0.4) is 0 Å². The van der Waals surface area contributed by atoms with Crippen molar-refractivity contribution in [3.8, 4) is 0 Å². The van der Waals surface area contributed by atoms with Gasteiger partial charge in [-0.05, 0) is 46.2 Å². The zero-order valence-corrected chi connectivity index (χ0v) is 9.75. The van der Waals surface area contributed by atoms with Crippen LogP contribution in [0.4, 0.5) is 0 Å². The van der Waals surface area contributed by atoms with Gasteiger partial charge in [0.1, 0.15) is 0 Å². The topological polar surface area (TPSA) is 38.5 Å². The molecule has 0 radical (unpaired) electrons. The first-order chi connectivity index (χ1) is 6.53. The molecule has 0 aliphatic carbocycles. The number of ether oxygens (including phenoxy) is 1. The molecule has 3 nitrogen and oxygen atoms in total. The summed E-state index contributed by atoms with van der Waals surface area (Å²) in [5.74, 6) is 0. The molecule has 0 bridgehead atoms. The summed E-state index contributed by atoms with van der Waals surface area (Å²) >= 11 is 0. The Morgan fingerprint density at radius 3 is 2.43 bits per heavy atom. The summed E-state index contributed by atoms with van der Waals surface area (Å²) < 4.78 is 5.40. The molecule has 0 unspecified atom stereocenters. The standard InChI is InChI=1S/C11H24N2O/c1-11(2,14-3)6-9-13-7-4-10(12)5-8-13/h10H,4-9,12H2,1-3H3. The molecule has 0 amide bonds. The third-order valence-electron chi connectivity index (χ3n) is 3.21. The van der Waals surface area contributed by atoms with Gasteiger partial charge >= 0.3 is 0 Å². The summed E-state index contributed by atoms with van der Waals surface area (Å²) in [6.07, 6.45) is 3.39. The smallest absolute Gasteiger partial charge is 0.0634 e. The molecule has 0 spiro atoms. The Morgan fingerprint density at radius 2 is 1.93 bits per heavy atom. The molecule has 14 heavy (non-hydrogen) atoms. The van der Waals surface area contributed by atoms with Gasteiger partial charge in [-0.3, -0.25) is 0 Å². The number of methoxy groups -OCH3 is 1. The predicted molar refractivity (Wildman–Crippen MR) is 59.4 cm³/mol. The Balaban J connectivity index is 2.19. The highest BCUT2D eigenvalue weighted by molar-refractivity contribution is 4.76. The number of nitrogens with zero attached hydrogens (tertiary/aromatic N) is 1. The van der Waals surface area contributed by atoms with Crippen LogP contribution in [0, 0.1) is 0 Å². The van der Waals surface area contributed by atoms with Gasteiger partial charge in [-0.2, -0.15) is 0 Å². The maximum Gasteiger partial charge on any atom is 0.0634 e. The molecule has 1 aliphatic heterocycles. The van der Waals surface area contributed by atoms with Crippen molar-refractivity contribution in [3.63, 3.8) is 0 Å². The van der Waals surface area contributed by atoms with Crippen molar-refractivity contribution in [3.05, 3.63) is 0 Å². The van der Waals surface area contributed by atoms with E-state index in [2.05, 4.69) is 18.7 Å². The third kappa shape index (κ3) is 3.95. The third-order valence-corrected chi connectivity index (χ3v) is 3.21. The molecule has 0 atom stereocenters. The fraction of sp³-hybridized carbons (Fsp3) is 1.00. The van der Waals surface area contributed by atoms with E-state index < -0.39 is 0 Å². The molecule has 3 heteroatoms. The number of likely N-dealkylation sites (tertiary alicyclic amines) is 1. The van der Waals surface area contributed by atoms with Crippen LogP contribution in [0.1, 0.15) is 33.1 Å². The van der Waals surface area contributed by atoms with Crippen LogP contribution in [0.15, 0.2) is 0 Å². The minimum Gasteiger partial charge on any atom is -0.379 e.